The van der Waals surface area contributed by atoms with E-state index in [-0.39, 0.29) is 22.6 Å². The summed E-state index contributed by atoms with van der Waals surface area (Å²) >= 11 is 1.24. The van der Waals surface area contributed by atoms with Gasteiger partial charge in [0.05, 0.1) is 22.9 Å². The molecule has 2 aromatic carbocycles. The van der Waals surface area contributed by atoms with E-state index in [2.05, 4.69) is 10.1 Å². The average Bonchev–Trinajstić information content (AvgIpc) is 3.34. The largest absolute Gasteiger partial charge is 0.573 e. The standard InChI is InChI=1S/C22H12F3N3O3S/c23-22(24,25)31-16-4-1-3-14(11-16)27-19-18(17-5-2-10-32-17)20(29)28(21(19)30)15-8-6-13(12-26)7-9-15/h1-11,27H. The molecule has 0 fully saturated rings. The van der Waals surface area contributed by atoms with Crippen LogP contribution in [-0.2, 0) is 9.59 Å². The second-order valence-electron chi connectivity index (χ2n) is 6.53. The number of nitrogens with zero attached hydrogens (tertiary/aromatic N) is 2. The molecule has 0 atom stereocenters. The van der Waals surface area contributed by atoms with Crippen molar-refractivity contribution in [3.63, 3.8) is 0 Å². The molecule has 0 aliphatic carbocycles. The lowest BCUT2D eigenvalue weighted by atomic mass is 10.1. The van der Waals surface area contributed by atoms with Crippen molar-refractivity contribution in [1.29, 1.82) is 5.26 Å². The maximum absolute atomic E-state index is 13.2. The van der Waals surface area contributed by atoms with E-state index in [4.69, 9.17) is 5.26 Å². The summed E-state index contributed by atoms with van der Waals surface area (Å²) in [6.45, 7) is 0. The van der Waals surface area contributed by atoms with Gasteiger partial charge in [-0.2, -0.15) is 5.26 Å². The van der Waals surface area contributed by atoms with Crippen LogP contribution in [0.15, 0.2) is 71.7 Å². The molecule has 1 N–H and O–H groups in total. The van der Waals surface area contributed by atoms with Crippen LogP contribution in [0.25, 0.3) is 5.57 Å². The number of ether oxygens (including phenoxy) is 1. The van der Waals surface area contributed by atoms with Gasteiger partial charge in [-0.25, -0.2) is 4.90 Å². The van der Waals surface area contributed by atoms with Gasteiger partial charge in [0.25, 0.3) is 11.8 Å². The van der Waals surface area contributed by atoms with Crippen molar-refractivity contribution in [2.45, 2.75) is 6.36 Å². The Kier molecular flexibility index (Phi) is 5.42. The summed E-state index contributed by atoms with van der Waals surface area (Å²) in [7, 11) is 0. The van der Waals surface area contributed by atoms with E-state index >= 15 is 0 Å². The molecule has 0 saturated heterocycles. The van der Waals surface area contributed by atoms with Crippen molar-refractivity contribution in [2.24, 2.45) is 0 Å². The summed E-state index contributed by atoms with van der Waals surface area (Å²) < 4.78 is 41.6. The highest BCUT2D eigenvalue weighted by Gasteiger charge is 2.40. The van der Waals surface area contributed by atoms with E-state index in [9.17, 15) is 22.8 Å². The number of hydrogen-bond acceptors (Lipinski definition) is 6. The minimum Gasteiger partial charge on any atom is -0.406 e. The summed E-state index contributed by atoms with van der Waals surface area (Å²) in [5, 5.41) is 13.5. The first-order chi connectivity index (χ1) is 15.3. The van der Waals surface area contributed by atoms with Crippen LogP contribution in [0.5, 0.6) is 5.75 Å². The van der Waals surface area contributed by atoms with Crippen molar-refractivity contribution in [3.8, 4) is 11.8 Å². The number of nitrogens with one attached hydrogen (secondary N) is 1. The SMILES string of the molecule is N#Cc1ccc(N2C(=O)C(Nc3cccc(OC(F)(F)F)c3)=C(c3cccs3)C2=O)cc1. The summed E-state index contributed by atoms with van der Waals surface area (Å²) in [4.78, 5) is 27.9. The average molecular weight is 455 g/mol. The minimum atomic E-state index is -4.87. The summed E-state index contributed by atoms with van der Waals surface area (Å²) in [5.41, 5.74) is 0.777. The molecule has 1 aliphatic rings. The van der Waals surface area contributed by atoms with Gasteiger partial charge in [-0.15, -0.1) is 24.5 Å². The first-order valence-electron chi connectivity index (χ1n) is 9.07. The molecule has 0 bridgehead atoms. The number of alkyl halides is 3. The highest BCUT2D eigenvalue weighted by atomic mass is 32.1. The second-order valence-corrected chi connectivity index (χ2v) is 7.48. The molecule has 1 aromatic heterocycles. The number of amides is 2. The van der Waals surface area contributed by atoms with E-state index in [0.717, 1.165) is 17.0 Å². The van der Waals surface area contributed by atoms with E-state index in [1.807, 2.05) is 6.07 Å². The molecular weight excluding hydrogens is 443 g/mol. The number of nitriles is 1. The molecule has 2 heterocycles. The minimum absolute atomic E-state index is 0.0778. The summed E-state index contributed by atoms with van der Waals surface area (Å²) in [6.07, 6.45) is -4.87. The summed E-state index contributed by atoms with van der Waals surface area (Å²) in [5.74, 6) is -1.74. The molecule has 0 saturated carbocycles. The predicted molar refractivity (Wildman–Crippen MR) is 112 cm³/mol. The molecule has 10 heteroatoms. The van der Waals surface area contributed by atoms with Crippen LogP contribution < -0.4 is 15.0 Å². The van der Waals surface area contributed by atoms with Crippen molar-refractivity contribution < 1.29 is 27.5 Å². The summed E-state index contributed by atoms with van der Waals surface area (Å²) in [6, 6.07) is 16.2. The Morgan fingerprint density at radius 1 is 1.00 bits per heavy atom. The maximum Gasteiger partial charge on any atom is 0.573 e. The van der Waals surface area contributed by atoms with Crippen LogP contribution >= 0.6 is 11.3 Å². The lowest BCUT2D eigenvalue weighted by molar-refractivity contribution is -0.274. The molecule has 2 amide bonds. The lowest BCUT2D eigenvalue weighted by Gasteiger charge is -2.15. The number of benzene rings is 2. The maximum atomic E-state index is 13.2. The molecule has 4 rings (SSSR count). The van der Waals surface area contributed by atoms with Gasteiger partial charge in [0.15, 0.2) is 0 Å². The fraction of sp³-hybridized carbons (Fsp3) is 0.0455. The number of carbonyl (C=O) groups excluding carboxylic acids is 2. The van der Waals surface area contributed by atoms with Crippen molar-refractivity contribution in [2.75, 3.05) is 10.2 Å². The molecule has 32 heavy (non-hydrogen) atoms. The third-order valence-electron chi connectivity index (χ3n) is 4.44. The van der Waals surface area contributed by atoms with Crippen LogP contribution in [0, 0.1) is 11.3 Å². The Labute approximate surface area is 183 Å². The number of thiophene rings is 1. The second kappa shape index (κ2) is 8.20. The van der Waals surface area contributed by atoms with Gasteiger partial charge in [-0.1, -0.05) is 12.1 Å². The number of rotatable bonds is 5. The van der Waals surface area contributed by atoms with E-state index in [1.54, 1.807) is 17.5 Å². The van der Waals surface area contributed by atoms with Gasteiger partial charge in [0.2, 0.25) is 0 Å². The Balaban J connectivity index is 1.72. The molecule has 0 radical (unpaired) electrons. The third kappa shape index (κ3) is 4.19. The molecule has 0 unspecified atom stereocenters. The van der Waals surface area contributed by atoms with E-state index in [1.165, 1.54) is 47.7 Å². The number of imide groups is 1. The Hall–Kier alpha value is -4.10. The van der Waals surface area contributed by atoms with Gasteiger partial charge >= 0.3 is 6.36 Å². The Bertz CT molecular complexity index is 1260. The quantitative estimate of drug-likeness (QED) is 0.553. The molecule has 1 aliphatic heterocycles. The highest BCUT2D eigenvalue weighted by Crippen LogP contribution is 2.36. The van der Waals surface area contributed by atoms with Crippen LogP contribution in [-0.4, -0.2) is 18.2 Å². The number of hydrogen-bond donors (Lipinski definition) is 1. The lowest BCUT2D eigenvalue weighted by Crippen LogP contribution is -2.32. The van der Waals surface area contributed by atoms with Gasteiger partial charge in [-0.05, 0) is 47.8 Å². The Morgan fingerprint density at radius 2 is 1.75 bits per heavy atom. The zero-order valence-corrected chi connectivity index (χ0v) is 16.8. The van der Waals surface area contributed by atoms with Crippen LogP contribution in [0.4, 0.5) is 24.5 Å². The first-order valence-corrected chi connectivity index (χ1v) is 9.95. The van der Waals surface area contributed by atoms with Crippen molar-refractivity contribution in [3.05, 3.63) is 82.2 Å². The zero-order chi connectivity index (χ0) is 22.9. The van der Waals surface area contributed by atoms with Crippen molar-refractivity contribution >= 4 is 40.1 Å². The van der Waals surface area contributed by atoms with Crippen LogP contribution in [0.3, 0.4) is 0 Å². The molecule has 6 nitrogen and oxygen atoms in total. The molecule has 160 valence electrons. The van der Waals surface area contributed by atoms with Gasteiger partial charge < -0.3 is 10.1 Å². The van der Waals surface area contributed by atoms with Crippen LogP contribution in [0.1, 0.15) is 10.4 Å². The number of carbonyl (C=O) groups is 2. The number of halogens is 3. The van der Waals surface area contributed by atoms with Gasteiger partial charge in [0.1, 0.15) is 11.4 Å². The molecule has 0 spiro atoms. The fourth-order valence-corrected chi connectivity index (χ4v) is 3.90. The van der Waals surface area contributed by atoms with Gasteiger partial charge in [-0.3, -0.25) is 9.59 Å². The van der Waals surface area contributed by atoms with E-state index in [0.29, 0.717) is 10.4 Å². The van der Waals surface area contributed by atoms with Crippen LogP contribution in [0.2, 0.25) is 0 Å². The normalized spacial score (nSPS) is 14.0. The topological polar surface area (TPSA) is 82.4 Å². The molecular formula is C22H12F3N3O3S. The predicted octanol–water partition coefficient (Wildman–Crippen LogP) is 4.91. The van der Waals surface area contributed by atoms with Crippen molar-refractivity contribution in [1.82, 2.24) is 0 Å². The molecule has 3 aromatic rings. The third-order valence-corrected chi connectivity index (χ3v) is 5.33. The Morgan fingerprint density at radius 3 is 2.38 bits per heavy atom. The highest BCUT2D eigenvalue weighted by molar-refractivity contribution is 7.11. The zero-order valence-electron chi connectivity index (χ0n) is 16.0. The van der Waals surface area contributed by atoms with E-state index < -0.39 is 23.9 Å². The van der Waals surface area contributed by atoms with Gasteiger partial charge in [0, 0.05) is 16.6 Å². The number of anilines is 2. The first kappa shape index (κ1) is 21.1. The fourth-order valence-electron chi connectivity index (χ4n) is 3.13. The smallest absolute Gasteiger partial charge is 0.406 e. The monoisotopic (exact) mass is 455 g/mol.